The Hall–Kier alpha value is -1.93. The van der Waals surface area contributed by atoms with Crippen molar-refractivity contribution < 1.29 is 4.79 Å². The Morgan fingerprint density at radius 1 is 0.929 bits per heavy atom. The van der Waals surface area contributed by atoms with Gasteiger partial charge in [-0.05, 0) is 66.9 Å². The quantitative estimate of drug-likeness (QED) is 0.639. The van der Waals surface area contributed by atoms with Gasteiger partial charge in [0.15, 0.2) is 0 Å². The summed E-state index contributed by atoms with van der Waals surface area (Å²) < 4.78 is 0. The van der Waals surface area contributed by atoms with E-state index in [-0.39, 0.29) is 11.3 Å². The molecule has 1 saturated carbocycles. The van der Waals surface area contributed by atoms with E-state index in [0.717, 1.165) is 32.2 Å². The molecule has 0 radical (unpaired) electrons. The molecule has 2 aromatic rings. The summed E-state index contributed by atoms with van der Waals surface area (Å²) in [4.78, 5) is 14.8. The standard InChI is InChI=1S/C26H35NO/c1-26(2,3)22-13-11-21(12-14-22)23-16-17-25(28)24(23)15-10-19-6-8-20(9-7-19)18-27(4)5/h6-9,11-14,23-24H,10,15-18H2,1-5H3. The largest absolute Gasteiger partial charge is 0.305 e. The Labute approximate surface area is 171 Å². The summed E-state index contributed by atoms with van der Waals surface area (Å²) in [7, 11) is 4.18. The lowest BCUT2D eigenvalue weighted by Crippen LogP contribution is -2.15. The van der Waals surface area contributed by atoms with Gasteiger partial charge in [-0.1, -0.05) is 69.3 Å². The first-order valence-electron chi connectivity index (χ1n) is 10.6. The molecule has 0 N–H and O–H groups in total. The lowest BCUT2D eigenvalue weighted by molar-refractivity contribution is -0.121. The molecule has 0 bridgehead atoms. The number of aryl methyl sites for hydroxylation is 1. The van der Waals surface area contributed by atoms with E-state index < -0.39 is 0 Å². The van der Waals surface area contributed by atoms with Crippen LogP contribution in [-0.2, 0) is 23.2 Å². The summed E-state index contributed by atoms with van der Waals surface area (Å²) >= 11 is 0. The molecule has 2 atom stereocenters. The number of carbonyl (C=O) groups is 1. The van der Waals surface area contributed by atoms with Gasteiger partial charge in [0.2, 0.25) is 0 Å². The van der Waals surface area contributed by atoms with Crippen molar-refractivity contribution in [3.8, 4) is 0 Å². The fourth-order valence-corrected chi connectivity index (χ4v) is 4.40. The molecule has 1 aliphatic rings. The number of nitrogens with zero attached hydrogens (tertiary/aromatic N) is 1. The normalized spacial score (nSPS) is 20.1. The first kappa shape index (κ1) is 20.8. The molecule has 0 saturated heterocycles. The van der Waals surface area contributed by atoms with Gasteiger partial charge >= 0.3 is 0 Å². The summed E-state index contributed by atoms with van der Waals surface area (Å²) in [6.45, 7) is 7.70. The fourth-order valence-electron chi connectivity index (χ4n) is 4.40. The van der Waals surface area contributed by atoms with Crippen molar-refractivity contribution in [3.63, 3.8) is 0 Å². The molecular weight excluding hydrogens is 342 g/mol. The smallest absolute Gasteiger partial charge is 0.136 e. The highest BCUT2D eigenvalue weighted by atomic mass is 16.1. The molecule has 2 nitrogen and oxygen atoms in total. The van der Waals surface area contributed by atoms with E-state index in [0.29, 0.717) is 11.7 Å². The van der Waals surface area contributed by atoms with Crippen molar-refractivity contribution in [3.05, 3.63) is 70.8 Å². The Bertz CT molecular complexity index is 781. The van der Waals surface area contributed by atoms with Crippen molar-refractivity contribution in [1.82, 2.24) is 4.90 Å². The second-order valence-electron chi connectivity index (χ2n) is 9.68. The Balaban J connectivity index is 1.66. The molecule has 150 valence electrons. The second-order valence-corrected chi connectivity index (χ2v) is 9.68. The molecule has 0 aliphatic heterocycles. The number of Topliss-reactive ketones (excluding diaryl/α,β-unsaturated/α-hetero) is 1. The molecule has 3 rings (SSSR count). The topological polar surface area (TPSA) is 20.3 Å². The van der Waals surface area contributed by atoms with Crippen molar-refractivity contribution >= 4 is 5.78 Å². The predicted octanol–water partition coefficient (Wildman–Crippen LogP) is 5.74. The van der Waals surface area contributed by atoms with Crippen LogP contribution in [0.25, 0.3) is 0 Å². The van der Waals surface area contributed by atoms with E-state index in [1.807, 2.05) is 0 Å². The van der Waals surface area contributed by atoms with Gasteiger partial charge in [0.25, 0.3) is 0 Å². The zero-order chi connectivity index (χ0) is 20.3. The average Bonchev–Trinajstić information content (AvgIpc) is 3.01. The van der Waals surface area contributed by atoms with Crippen LogP contribution in [0.4, 0.5) is 0 Å². The monoisotopic (exact) mass is 377 g/mol. The molecule has 1 fully saturated rings. The van der Waals surface area contributed by atoms with Crippen molar-refractivity contribution in [2.75, 3.05) is 14.1 Å². The average molecular weight is 378 g/mol. The van der Waals surface area contributed by atoms with Gasteiger partial charge in [-0.15, -0.1) is 0 Å². The van der Waals surface area contributed by atoms with Crippen LogP contribution < -0.4 is 0 Å². The number of hydrogen-bond donors (Lipinski definition) is 0. The molecular formula is C26H35NO. The second kappa shape index (κ2) is 8.61. The van der Waals surface area contributed by atoms with Crippen LogP contribution >= 0.6 is 0 Å². The zero-order valence-electron chi connectivity index (χ0n) is 18.2. The van der Waals surface area contributed by atoms with Gasteiger partial charge in [0, 0.05) is 18.9 Å². The van der Waals surface area contributed by atoms with Crippen LogP contribution in [0.1, 0.15) is 68.2 Å². The van der Waals surface area contributed by atoms with Crippen LogP contribution in [0.3, 0.4) is 0 Å². The van der Waals surface area contributed by atoms with E-state index >= 15 is 0 Å². The summed E-state index contributed by atoms with van der Waals surface area (Å²) in [6.07, 6.45) is 3.67. The third kappa shape index (κ3) is 5.11. The first-order chi connectivity index (χ1) is 13.2. The van der Waals surface area contributed by atoms with Gasteiger partial charge < -0.3 is 4.90 Å². The van der Waals surface area contributed by atoms with Crippen molar-refractivity contribution in [2.24, 2.45) is 5.92 Å². The van der Waals surface area contributed by atoms with Crippen LogP contribution in [0.2, 0.25) is 0 Å². The lowest BCUT2D eigenvalue weighted by Gasteiger charge is -2.22. The van der Waals surface area contributed by atoms with Crippen LogP contribution in [0.5, 0.6) is 0 Å². The highest BCUT2D eigenvalue weighted by molar-refractivity contribution is 5.84. The zero-order valence-corrected chi connectivity index (χ0v) is 18.2. The van der Waals surface area contributed by atoms with E-state index in [1.165, 1.54) is 22.3 Å². The summed E-state index contributed by atoms with van der Waals surface area (Å²) in [6, 6.07) is 17.9. The molecule has 2 heteroatoms. The lowest BCUT2D eigenvalue weighted by atomic mass is 9.82. The van der Waals surface area contributed by atoms with E-state index in [1.54, 1.807) is 0 Å². The van der Waals surface area contributed by atoms with E-state index in [9.17, 15) is 4.79 Å². The van der Waals surface area contributed by atoms with Gasteiger partial charge in [-0.3, -0.25) is 4.79 Å². The van der Waals surface area contributed by atoms with Gasteiger partial charge in [0.05, 0.1) is 0 Å². The Kier molecular flexibility index (Phi) is 6.40. The van der Waals surface area contributed by atoms with Gasteiger partial charge in [0.1, 0.15) is 5.78 Å². The predicted molar refractivity (Wildman–Crippen MR) is 118 cm³/mol. The number of rotatable bonds is 6. The van der Waals surface area contributed by atoms with Gasteiger partial charge in [-0.2, -0.15) is 0 Å². The highest BCUT2D eigenvalue weighted by Crippen LogP contribution is 2.40. The molecule has 0 amide bonds. The highest BCUT2D eigenvalue weighted by Gasteiger charge is 2.35. The third-order valence-corrected chi connectivity index (χ3v) is 6.07. The number of benzene rings is 2. The number of carbonyl (C=O) groups excluding carboxylic acids is 1. The van der Waals surface area contributed by atoms with E-state index in [2.05, 4.69) is 88.3 Å². The van der Waals surface area contributed by atoms with Crippen LogP contribution in [0.15, 0.2) is 48.5 Å². The third-order valence-electron chi connectivity index (χ3n) is 6.07. The Morgan fingerprint density at radius 2 is 1.54 bits per heavy atom. The maximum atomic E-state index is 12.6. The maximum absolute atomic E-state index is 12.6. The summed E-state index contributed by atoms with van der Waals surface area (Å²) in [5.41, 5.74) is 5.54. The molecule has 2 aromatic carbocycles. The van der Waals surface area contributed by atoms with Gasteiger partial charge in [-0.25, -0.2) is 0 Å². The summed E-state index contributed by atoms with van der Waals surface area (Å²) in [5.74, 6) is 1.01. The van der Waals surface area contributed by atoms with Crippen molar-refractivity contribution in [2.45, 2.75) is 64.3 Å². The number of hydrogen-bond acceptors (Lipinski definition) is 2. The minimum atomic E-state index is 0.168. The Morgan fingerprint density at radius 3 is 2.11 bits per heavy atom. The number of ketones is 1. The minimum Gasteiger partial charge on any atom is -0.305 e. The van der Waals surface area contributed by atoms with Crippen molar-refractivity contribution in [1.29, 1.82) is 0 Å². The van der Waals surface area contributed by atoms with E-state index in [4.69, 9.17) is 0 Å². The fraction of sp³-hybridized carbons (Fsp3) is 0.500. The molecule has 0 spiro atoms. The maximum Gasteiger partial charge on any atom is 0.136 e. The first-order valence-corrected chi connectivity index (χ1v) is 10.6. The molecule has 0 heterocycles. The van der Waals surface area contributed by atoms with Crippen LogP contribution in [-0.4, -0.2) is 24.8 Å². The molecule has 28 heavy (non-hydrogen) atoms. The molecule has 0 aromatic heterocycles. The molecule has 2 unspecified atom stereocenters. The van der Waals surface area contributed by atoms with Crippen LogP contribution in [0, 0.1) is 5.92 Å². The molecule has 1 aliphatic carbocycles. The summed E-state index contributed by atoms with van der Waals surface area (Å²) in [5, 5.41) is 0. The minimum absolute atomic E-state index is 0.168. The SMILES string of the molecule is CN(C)Cc1ccc(CCC2C(=O)CCC2c2ccc(C(C)(C)C)cc2)cc1.